The number of fused-ring (bicyclic) bond motifs is 1. The maximum Gasteiger partial charge on any atom is 0.0959 e. The number of hydrogen-bond acceptors (Lipinski definition) is 4. The molecule has 2 heterocycles. The van der Waals surface area contributed by atoms with Gasteiger partial charge in [0.15, 0.2) is 0 Å². The van der Waals surface area contributed by atoms with E-state index >= 15 is 0 Å². The number of aliphatic hydroxyl groups is 1. The first kappa shape index (κ1) is 12.9. The minimum atomic E-state index is -0.453. The third-order valence-corrected chi connectivity index (χ3v) is 4.89. The lowest BCUT2D eigenvalue weighted by Gasteiger charge is -2.35. The first-order valence-electron chi connectivity index (χ1n) is 6.56. The topological polar surface area (TPSA) is 36.4 Å². The second kappa shape index (κ2) is 5.49. The van der Waals surface area contributed by atoms with Gasteiger partial charge in [-0.05, 0) is 24.1 Å². The van der Waals surface area contributed by atoms with Crippen LogP contribution in [0.25, 0.3) is 10.8 Å². The minimum absolute atomic E-state index is 0.185. The average molecular weight is 274 g/mol. The Morgan fingerprint density at radius 2 is 2.32 bits per heavy atom. The van der Waals surface area contributed by atoms with E-state index < -0.39 is 6.10 Å². The van der Waals surface area contributed by atoms with Gasteiger partial charge in [-0.15, -0.1) is 0 Å². The Kier molecular flexibility index (Phi) is 3.73. The summed E-state index contributed by atoms with van der Waals surface area (Å²) in [5.41, 5.74) is 0.991. The number of nitrogens with zero attached hydrogens (tertiary/aromatic N) is 2. The van der Waals surface area contributed by atoms with Gasteiger partial charge < -0.3 is 5.11 Å². The van der Waals surface area contributed by atoms with Gasteiger partial charge >= 0.3 is 0 Å². The predicted molar refractivity (Wildman–Crippen MR) is 80.4 cm³/mol. The van der Waals surface area contributed by atoms with E-state index in [-0.39, 0.29) is 6.04 Å². The molecule has 19 heavy (non-hydrogen) atoms. The van der Waals surface area contributed by atoms with Crippen molar-refractivity contribution in [2.75, 3.05) is 25.1 Å². The quantitative estimate of drug-likeness (QED) is 0.912. The average Bonchev–Trinajstić information content (AvgIpc) is 2.46. The normalized spacial score (nSPS) is 22.5. The molecule has 2 aromatic rings. The molecule has 0 saturated carbocycles. The largest absolute Gasteiger partial charge is 0.387 e. The van der Waals surface area contributed by atoms with Crippen molar-refractivity contribution in [2.24, 2.45) is 0 Å². The highest BCUT2D eigenvalue weighted by molar-refractivity contribution is 7.99. The molecule has 1 saturated heterocycles. The van der Waals surface area contributed by atoms with Crippen LogP contribution in [0.4, 0.5) is 0 Å². The standard InChI is InChI=1S/C15H18N2OS/c1-17-7-8-19-10-14(17)15(18)12-4-2-3-11-5-6-16-9-13(11)12/h2-6,9,14-15,18H,7-8,10H2,1H3. The van der Waals surface area contributed by atoms with Crippen molar-refractivity contribution in [1.29, 1.82) is 0 Å². The molecule has 2 unspecified atom stereocenters. The summed E-state index contributed by atoms with van der Waals surface area (Å²) in [6, 6.07) is 8.26. The fraction of sp³-hybridized carbons (Fsp3) is 0.400. The molecule has 0 radical (unpaired) electrons. The van der Waals surface area contributed by atoms with E-state index in [1.165, 1.54) is 0 Å². The predicted octanol–water partition coefficient (Wildman–Crippen LogP) is 2.32. The summed E-state index contributed by atoms with van der Waals surface area (Å²) in [6.45, 7) is 1.04. The van der Waals surface area contributed by atoms with Gasteiger partial charge in [-0.25, -0.2) is 0 Å². The zero-order chi connectivity index (χ0) is 13.2. The Hall–Kier alpha value is -1.10. The summed E-state index contributed by atoms with van der Waals surface area (Å²) < 4.78 is 0. The van der Waals surface area contributed by atoms with E-state index in [0.717, 1.165) is 34.4 Å². The van der Waals surface area contributed by atoms with Gasteiger partial charge in [0.1, 0.15) is 0 Å². The number of likely N-dealkylation sites (N-methyl/N-ethyl adjacent to an activating group) is 1. The van der Waals surface area contributed by atoms with Crippen LogP contribution in [-0.2, 0) is 0 Å². The minimum Gasteiger partial charge on any atom is -0.387 e. The van der Waals surface area contributed by atoms with Crippen LogP contribution in [0.15, 0.2) is 36.7 Å². The molecule has 1 aromatic heterocycles. The molecule has 0 bridgehead atoms. The number of hydrogen-bond donors (Lipinski definition) is 1. The summed E-state index contributed by atoms with van der Waals surface area (Å²) in [5, 5.41) is 12.9. The fourth-order valence-electron chi connectivity index (χ4n) is 2.64. The summed E-state index contributed by atoms with van der Waals surface area (Å²) in [7, 11) is 2.09. The third kappa shape index (κ3) is 2.48. The van der Waals surface area contributed by atoms with E-state index in [0.29, 0.717) is 0 Å². The molecular formula is C15H18N2OS. The van der Waals surface area contributed by atoms with Crippen molar-refractivity contribution in [3.8, 4) is 0 Å². The SMILES string of the molecule is CN1CCSCC1C(O)c1cccc2ccncc12. The van der Waals surface area contributed by atoms with Crippen LogP contribution in [0.1, 0.15) is 11.7 Å². The smallest absolute Gasteiger partial charge is 0.0959 e. The number of aromatic nitrogens is 1. The Bertz CT molecular complexity index is 570. The summed E-state index contributed by atoms with van der Waals surface area (Å²) in [4.78, 5) is 6.45. The van der Waals surface area contributed by atoms with Crippen molar-refractivity contribution in [3.05, 3.63) is 42.2 Å². The van der Waals surface area contributed by atoms with E-state index in [9.17, 15) is 5.11 Å². The van der Waals surface area contributed by atoms with Gasteiger partial charge in [-0.1, -0.05) is 18.2 Å². The van der Waals surface area contributed by atoms with E-state index in [1.54, 1.807) is 6.20 Å². The molecule has 1 aliphatic heterocycles. The maximum atomic E-state index is 10.7. The number of pyridine rings is 1. The van der Waals surface area contributed by atoms with Crippen LogP contribution < -0.4 is 0 Å². The Balaban J connectivity index is 1.99. The molecule has 0 amide bonds. The molecule has 1 aromatic carbocycles. The van der Waals surface area contributed by atoms with Gasteiger partial charge in [-0.2, -0.15) is 11.8 Å². The van der Waals surface area contributed by atoms with Crippen LogP contribution >= 0.6 is 11.8 Å². The van der Waals surface area contributed by atoms with Crippen molar-refractivity contribution in [1.82, 2.24) is 9.88 Å². The molecule has 3 rings (SSSR count). The monoisotopic (exact) mass is 274 g/mol. The molecule has 1 aliphatic rings. The molecule has 0 aliphatic carbocycles. The highest BCUT2D eigenvalue weighted by atomic mass is 32.2. The van der Waals surface area contributed by atoms with Crippen molar-refractivity contribution in [3.63, 3.8) is 0 Å². The summed E-state index contributed by atoms with van der Waals surface area (Å²) in [5.74, 6) is 2.13. The first-order valence-corrected chi connectivity index (χ1v) is 7.71. The van der Waals surface area contributed by atoms with Gasteiger partial charge in [0.05, 0.1) is 6.10 Å². The molecule has 2 atom stereocenters. The number of aliphatic hydroxyl groups excluding tert-OH is 1. The van der Waals surface area contributed by atoms with Crippen LogP contribution in [0, 0.1) is 0 Å². The molecular weight excluding hydrogens is 256 g/mol. The lowest BCUT2D eigenvalue weighted by atomic mass is 9.97. The van der Waals surface area contributed by atoms with Crippen LogP contribution in [0.5, 0.6) is 0 Å². The molecule has 1 fully saturated rings. The Morgan fingerprint density at radius 1 is 1.42 bits per heavy atom. The van der Waals surface area contributed by atoms with Crippen molar-refractivity contribution < 1.29 is 5.11 Å². The Morgan fingerprint density at radius 3 is 3.16 bits per heavy atom. The van der Waals surface area contributed by atoms with Crippen LogP contribution in [0.2, 0.25) is 0 Å². The molecule has 4 heteroatoms. The van der Waals surface area contributed by atoms with Gasteiger partial charge in [0.25, 0.3) is 0 Å². The fourth-order valence-corrected chi connectivity index (χ4v) is 3.90. The molecule has 3 nitrogen and oxygen atoms in total. The lowest BCUT2D eigenvalue weighted by molar-refractivity contribution is 0.0769. The van der Waals surface area contributed by atoms with E-state index in [2.05, 4.69) is 23.0 Å². The van der Waals surface area contributed by atoms with Crippen LogP contribution in [0.3, 0.4) is 0 Å². The van der Waals surface area contributed by atoms with Gasteiger partial charge in [0, 0.05) is 41.9 Å². The number of rotatable bonds is 2. The molecule has 100 valence electrons. The van der Waals surface area contributed by atoms with E-state index in [1.807, 2.05) is 36.2 Å². The number of benzene rings is 1. The van der Waals surface area contributed by atoms with Crippen molar-refractivity contribution in [2.45, 2.75) is 12.1 Å². The maximum absolute atomic E-state index is 10.7. The third-order valence-electron chi connectivity index (χ3n) is 3.84. The zero-order valence-electron chi connectivity index (χ0n) is 11.0. The van der Waals surface area contributed by atoms with Crippen LogP contribution in [-0.4, -0.2) is 46.1 Å². The van der Waals surface area contributed by atoms with Gasteiger partial charge in [0.2, 0.25) is 0 Å². The highest BCUT2D eigenvalue weighted by Crippen LogP contribution is 2.30. The first-order chi connectivity index (χ1) is 9.27. The lowest BCUT2D eigenvalue weighted by Crippen LogP contribution is -2.43. The highest BCUT2D eigenvalue weighted by Gasteiger charge is 2.28. The zero-order valence-corrected chi connectivity index (χ0v) is 11.8. The summed E-state index contributed by atoms with van der Waals surface area (Å²) in [6.07, 6.45) is 3.19. The Labute approximate surface area is 117 Å². The van der Waals surface area contributed by atoms with E-state index in [4.69, 9.17) is 0 Å². The summed E-state index contributed by atoms with van der Waals surface area (Å²) >= 11 is 1.92. The number of thioether (sulfide) groups is 1. The molecule has 0 spiro atoms. The van der Waals surface area contributed by atoms with Crippen molar-refractivity contribution >= 4 is 22.5 Å². The second-order valence-corrected chi connectivity index (χ2v) is 6.16. The second-order valence-electron chi connectivity index (χ2n) is 5.01. The van der Waals surface area contributed by atoms with Gasteiger partial charge in [-0.3, -0.25) is 9.88 Å². The molecule has 1 N–H and O–H groups in total.